The lowest BCUT2D eigenvalue weighted by molar-refractivity contribution is 0.567. The first kappa shape index (κ1) is 13.5. The molecule has 0 aliphatic carbocycles. The molecular weight excluding hydrogens is 262 g/mol. The van der Waals surface area contributed by atoms with Gasteiger partial charge in [-0.05, 0) is 24.8 Å². The molecule has 0 amide bonds. The summed E-state index contributed by atoms with van der Waals surface area (Å²) in [6, 6.07) is 12.3. The van der Waals surface area contributed by atoms with Crippen molar-refractivity contribution in [2.75, 3.05) is 23.7 Å². The zero-order valence-corrected chi connectivity index (χ0v) is 12.0. The molecular formula is C16H19N5. The van der Waals surface area contributed by atoms with Crippen LogP contribution in [0.15, 0.2) is 30.3 Å². The zero-order valence-electron chi connectivity index (χ0n) is 12.0. The van der Waals surface area contributed by atoms with Crippen LogP contribution in [0.2, 0.25) is 0 Å². The van der Waals surface area contributed by atoms with E-state index in [4.69, 9.17) is 5.73 Å². The second kappa shape index (κ2) is 5.88. The van der Waals surface area contributed by atoms with Crippen LogP contribution in [-0.4, -0.2) is 22.9 Å². The second-order valence-electron chi connectivity index (χ2n) is 5.39. The molecule has 3 rings (SSSR count). The van der Waals surface area contributed by atoms with Crippen LogP contribution in [0, 0.1) is 11.3 Å². The summed E-state index contributed by atoms with van der Waals surface area (Å²) < 4.78 is 1.73. The standard InChI is InChI=1S/C16H19N5/c17-11-14-15(18)21(12-13-7-3-1-4-8-13)19-16(14)20-9-5-2-6-10-20/h1,3-4,7-8H,2,5-6,9-10,12,18H2. The molecule has 21 heavy (non-hydrogen) atoms. The topological polar surface area (TPSA) is 70.9 Å². The maximum absolute atomic E-state index is 9.40. The predicted octanol–water partition coefficient (Wildman–Crippen LogP) is 2.38. The van der Waals surface area contributed by atoms with E-state index in [0.29, 0.717) is 17.9 Å². The highest BCUT2D eigenvalue weighted by Crippen LogP contribution is 2.27. The molecule has 2 aromatic rings. The zero-order chi connectivity index (χ0) is 14.7. The van der Waals surface area contributed by atoms with Crippen LogP contribution < -0.4 is 10.6 Å². The monoisotopic (exact) mass is 281 g/mol. The van der Waals surface area contributed by atoms with Crippen LogP contribution in [0.1, 0.15) is 30.4 Å². The lowest BCUT2D eigenvalue weighted by Gasteiger charge is -2.26. The van der Waals surface area contributed by atoms with Gasteiger partial charge in [0.25, 0.3) is 0 Å². The van der Waals surface area contributed by atoms with Crippen LogP contribution in [0.4, 0.5) is 11.6 Å². The number of nitrogens with two attached hydrogens (primary N) is 1. The number of benzene rings is 1. The van der Waals surface area contributed by atoms with Gasteiger partial charge in [-0.3, -0.25) is 0 Å². The summed E-state index contributed by atoms with van der Waals surface area (Å²) in [4.78, 5) is 2.18. The highest BCUT2D eigenvalue weighted by molar-refractivity contribution is 5.65. The summed E-state index contributed by atoms with van der Waals surface area (Å²) in [6.45, 7) is 2.50. The number of piperidine rings is 1. The average molecular weight is 281 g/mol. The molecule has 1 aliphatic rings. The van der Waals surface area contributed by atoms with Gasteiger partial charge in [0.05, 0.1) is 6.54 Å². The van der Waals surface area contributed by atoms with Gasteiger partial charge < -0.3 is 10.6 Å². The average Bonchev–Trinajstić information content (AvgIpc) is 2.85. The maximum atomic E-state index is 9.40. The smallest absolute Gasteiger partial charge is 0.170 e. The number of anilines is 2. The summed E-state index contributed by atoms with van der Waals surface area (Å²) in [5.41, 5.74) is 7.75. The highest BCUT2D eigenvalue weighted by Gasteiger charge is 2.22. The Kier molecular flexibility index (Phi) is 3.78. The molecule has 0 saturated carbocycles. The molecule has 5 heteroatoms. The molecule has 0 atom stereocenters. The molecule has 0 radical (unpaired) electrons. The van der Waals surface area contributed by atoms with Gasteiger partial charge >= 0.3 is 0 Å². The summed E-state index contributed by atoms with van der Waals surface area (Å²) in [6.07, 6.45) is 3.55. The van der Waals surface area contributed by atoms with E-state index in [1.54, 1.807) is 4.68 Å². The molecule has 2 heterocycles. The first-order chi connectivity index (χ1) is 10.3. The van der Waals surface area contributed by atoms with E-state index in [9.17, 15) is 5.26 Å². The number of nitrogen functional groups attached to an aromatic ring is 1. The minimum absolute atomic E-state index is 0.460. The highest BCUT2D eigenvalue weighted by atomic mass is 15.4. The molecule has 108 valence electrons. The van der Waals surface area contributed by atoms with Gasteiger partial charge in [0.1, 0.15) is 17.5 Å². The predicted molar refractivity (Wildman–Crippen MR) is 83.0 cm³/mol. The van der Waals surface area contributed by atoms with Crippen molar-refractivity contribution in [3.63, 3.8) is 0 Å². The van der Waals surface area contributed by atoms with E-state index in [1.807, 2.05) is 30.3 Å². The van der Waals surface area contributed by atoms with Gasteiger partial charge in [-0.15, -0.1) is 0 Å². The van der Waals surface area contributed by atoms with E-state index in [-0.39, 0.29) is 0 Å². The van der Waals surface area contributed by atoms with E-state index < -0.39 is 0 Å². The molecule has 1 fully saturated rings. The van der Waals surface area contributed by atoms with Gasteiger partial charge in [0.2, 0.25) is 0 Å². The van der Waals surface area contributed by atoms with Crippen LogP contribution in [0.5, 0.6) is 0 Å². The molecule has 1 aromatic heterocycles. The Morgan fingerprint density at radius 2 is 1.86 bits per heavy atom. The van der Waals surface area contributed by atoms with Gasteiger partial charge in [-0.1, -0.05) is 30.3 Å². The van der Waals surface area contributed by atoms with E-state index in [2.05, 4.69) is 16.1 Å². The molecule has 5 nitrogen and oxygen atoms in total. The Hall–Kier alpha value is -2.48. The van der Waals surface area contributed by atoms with Crippen LogP contribution >= 0.6 is 0 Å². The normalized spacial score (nSPS) is 14.9. The molecule has 0 unspecified atom stereocenters. The molecule has 1 saturated heterocycles. The van der Waals surface area contributed by atoms with Crippen molar-refractivity contribution in [1.29, 1.82) is 5.26 Å². The van der Waals surface area contributed by atoms with Crippen LogP contribution in [0.3, 0.4) is 0 Å². The number of hydrogen-bond acceptors (Lipinski definition) is 4. The van der Waals surface area contributed by atoms with Gasteiger partial charge in [-0.25, -0.2) is 4.68 Å². The van der Waals surface area contributed by atoms with E-state index in [0.717, 1.165) is 37.3 Å². The lowest BCUT2D eigenvalue weighted by Crippen LogP contribution is -2.30. The third kappa shape index (κ3) is 2.70. The van der Waals surface area contributed by atoms with Crippen molar-refractivity contribution in [2.24, 2.45) is 0 Å². The fraction of sp³-hybridized carbons (Fsp3) is 0.375. The Bertz CT molecular complexity index is 647. The van der Waals surface area contributed by atoms with E-state index >= 15 is 0 Å². The minimum atomic E-state index is 0.460. The molecule has 1 aromatic carbocycles. The summed E-state index contributed by atoms with van der Waals surface area (Å²) in [7, 11) is 0. The second-order valence-corrected chi connectivity index (χ2v) is 5.39. The Balaban J connectivity index is 1.91. The van der Waals surface area contributed by atoms with Crippen LogP contribution in [0.25, 0.3) is 0 Å². The Morgan fingerprint density at radius 1 is 1.14 bits per heavy atom. The number of rotatable bonds is 3. The minimum Gasteiger partial charge on any atom is -0.383 e. The summed E-state index contributed by atoms with van der Waals surface area (Å²) >= 11 is 0. The molecule has 1 aliphatic heterocycles. The van der Waals surface area contributed by atoms with Crippen molar-refractivity contribution >= 4 is 11.6 Å². The fourth-order valence-corrected chi connectivity index (χ4v) is 2.77. The van der Waals surface area contributed by atoms with Crippen molar-refractivity contribution in [3.8, 4) is 6.07 Å². The van der Waals surface area contributed by atoms with E-state index in [1.165, 1.54) is 6.42 Å². The van der Waals surface area contributed by atoms with Crippen molar-refractivity contribution in [3.05, 3.63) is 41.5 Å². The van der Waals surface area contributed by atoms with Crippen LogP contribution in [-0.2, 0) is 6.54 Å². The number of hydrogen-bond donors (Lipinski definition) is 1. The van der Waals surface area contributed by atoms with Gasteiger partial charge in [-0.2, -0.15) is 10.4 Å². The lowest BCUT2D eigenvalue weighted by atomic mass is 10.1. The van der Waals surface area contributed by atoms with Crippen molar-refractivity contribution in [2.45, 2.75) is 25.8 Å². The van der Waals surface area contributed by atoms with Gasteiger partial charge in [0, 0.05) is 13.1 Å². The number of nitrogens with zero attached hydrogens (tertiary/aromatic N) is 4. The maximum Gasteiger partial charge on any atom is 0.170 e. The number of nitriles is 1. The molecule has 0 spiro atoms. The summed E-state index contributed by atoms with van der Waals surface area (Å²) in [5, 5.41) is 14.0. The SMILES string of the molecule is N#Cc1c(N2CCCCC2)nn(Cc2ccccc2)c1N. The Morgan fingerprint density at radius 3 is 2.52 bits per heavy atom. The fourth-order valence-electron chi connectivity index (χ4n) is 2.77. The third-order valence-electron chi connectivity index (χ3n) is 3.92. The molecule has 0 bridgehead atoms. The summed E-state index contributed by atoms with van der Waals surface area (Å²) in [5.74, 6) is 1.20. The Labute approximate surface area is 124 Å². The van der Waals surface area contributed by atoms with Crippen molar-refractivity contribution in [1.82, 2.24) is 9.78 Å². The number of aromatic nitrogens is 2. The quantitative estimate of drug-likeness (QED) is 0.937. The first-order valence-corrected chi connectivity index (χ1v) is 7.35. The first-order valence-electron chi connectivity index (χ1n) is 7.35. The van der Waals surface area contributed by atoms with Crippen molar-refractivity contribution < 1.29 is 0 Å². The third-order valence-corrected chi connectivity index (χ3v) is 3.92. The molecule has 2 N–H and O–H groups in total. The largest absolute Gasteiger partial charge is 0.383 e. The van der Waals surface area contributed by atoms with Gasteiger partial charge in [0.15, 0.2) is 5.82 Å².